The summed E-state index contributed by atoms with van der Waals surface area (Å²) in [5.74, 6) is 0.882. The van der Waals surface area contributed by atoms with Gasteiger partial charge in [-0.1, -0.05) is 6.07 Å². The highest BCUT2D eigenvalue weighted by Crippen LogP contribution is 2.50. The van der Waals surface area contributed by atoms with Crippen LogP contribution in [0, 0.1) is 0 Å². The van der Waals surface area contributed by atoms with Crippen LogP contribution in [0.5, 0.6) is 28.7 Å². The summed E-state index contributed by atoms with van der Waals surface area (Å²) in [6.45, 7) is -4.12. The van der Waals surface area contributed by atoms with Crippen molar-refractivity contribution >= 4 is 16.7 Å². The van der Waals surface area contributed by atoms with Crippen LogP contribution in [0.25, 0.3) is 21.9 Å². The van der Waals surface area contributed by atoms with Crippen LogP contribution >= 0.6 is 0 Å². The monoisotopic (exact) mass is 922 g/mol. The van der Waals surface area contributed by atoms with Crippen molar-refractivity contribution in [2.24, 2.45) is 0 Å². The van der Waals surface area contributed by atoms with E-state index in [4.69, 9.17) is 61.6 Å². The third-order valence-electron chi connectivity index (χ3n) is 12.4. The number of hydrogen-bond acceptors (Lipinski definition) is 23. The van der Waals surface area contributed by atoms with Crippen LogP contribution in [0.2, 0.25) is 0 Å². The van der Waals surface area contributed by atoms with Gasteiger partial charge in [0.25, 0.3) is 0 Å². The van der Waals surface area contributed by atoms with Gasteiger partial charge in [-0.05, 0) is 35.2 Å². The average molecular weight is 923 g/mol. The summed E-state index contributed by atoms with van der Waals surface area (Å²) in [5.41, 5.74) is -2.79. The topological polar surface area (TPSA) is 319 Å². The standard InChI is InChI=1S/C42H50O23/c1-53-24-6-18-19(7-25(24)54-2)33(20-8-56-37(50)29(20)28(18)17-3-4-23-26(5-17)63-16-62-23)64-40-36(42(52,15-61-40)14-60-38-31(47)30(46)21(44)9-57-38)65-39-32(48)34(22(45)10-58-39)55-11-27-35(49)41(51,12-43)13-59-27/h3-7,21-22,27,30-32,34-36,38-40,43-49,51-52H,8-16H2,1-2H3/t21-,22+,27+,30+,31-,32-,34+,35+,36+,38+,39+,40+,41-,42-/m1/s1. The number of aliphatic hydroxyl groups is 9. The first-order valence-electron chi connectivity index (χ1n) is 20.7. The first-order chi connectivity index (χ1) is 31.2. The van der Waals surface area contributed by atoms with Crippen molar-refractivity contribution in [1.29, 1.82) is 0 Å². The zero-order valence-corrected chi connectivity index (χ0v) is 34.9. The Bertz CT molecular complexity index is 2240. The maximum absolute atomic E-state index is 13.7. The highest BCUT2D eigenvalue weighted by Gasteiger charge is 2.56. The maximum atomic E-state index is 13.7. The zero-order valence-electron chi connectivity index (χ0n) is 34.9. The molecule has 0 radical (unpaired) electrons. The average Bonchev–Trinajstić information content (AvgIpc) is 4.08. The molecule has 9 rings (SSSR count). The molecule has 4 saturated heterocycles. The Balaban J connectivity index is 1.07. The number of carbonyl (C=O) groups excluding carboxylic acids is 1. The number of fused-ring (bicyclic) bond motifs is 3. The van der Waals surface area contributed by atoms with E-state index in [2.05, 4.69) is 0 Å². The molecular weight excluding hydrogens is 872 g/mol. The van der Waals surface area contributed by atoms with Gasteiger partial charge in [-0.15, -0.1) is 0 Å². The maximum Gasteiger partial charge on any atom is 0.339 e. The molecule has 0 aromatic heterocycles. The number of esters is 1. The van der Waals surface area contributed by atoms with E-state index in [1.165, 1.54) is 14.2 Å². The van der Waals surface area contributed by atoms with Gasteiger partial charge in [0.2, 0.25) is 13.1 Å². The van der Waals surface area contributed by atoms with Crippen molar-refractivity contribution in [2.45, 2.75) is 91.6 Å². The van der Waals surface area contributed by atoms with E-state index in [9.17, 15) is 50.8 Å². The molecular formula is C42H50O23. The van der Waals surface area contributed by atoms with Crippen LogP contribution in [-0.2, 0) is 44.5 Å². The lowest BCUT2D eigenvalue weighted by molar-refractivity contribution is -0.319. The van der Waals surface area contributed by atoms with E-state index < -0.39 is 137 Å². The number of ether oxygens (including phenoxy) is 13. The lowest BCUT2D eigenvalue weighted by Crippen LogP contribution is -2.60. The normalized spacial score (nSPS) is 36.5. The minimum Gasteiger partial charge on any atom is -0.493 e. The molecule has 14 atom stereocenters. The highest BCUT2D eigenvalue weighted by atomic mass is 16.8. The predicted molar refractivity (Wildman–Crippen MR) is 211 cm³/mol. The predicted octanol–water partition coefficient (Wildman–Crippen LogP) is -2.82. The molecule has 6 aliphatic rings. The Labute approximate surface area is 368 Å². The first-order valence-corrected chi connectivity index (χ1v) is 20.7. The molecule has 0 saturated carbocycles. The Morgan fingerprint density at radius 2 is 1.43 bits per heavy atom. The van der Waals surface area contributed by atoms with Gasteiger partial charge in [0, 0.05) is 16.5 Å². The lowest BCUT2D eigenvalue weighted by atomic mass is 9.89. The van der Waals surface area contributed by atoms with Crippen LogP contribution < -0.4 is 23.7 Å². The molecule has 23 nitrogen and oxygen atoms in total. The number of benzene rings is 3. The van der Waals surface area contributed by atoms with Crippen molar-refractivity contribution in [3.8, 4) is 39.9 Å². The van der Waals surface area contributed by atoms with Crippen molar-refractivity contribution in [2.75, 3.05) is 67.3 Å². The van der Waals surface area contributed by atoms with Crippen molar-refractivity contribution in [3.63, 3.8) is 0 Å². The molecule has 23 heteroatoms. The second-order valence-electron chi connectivity index (χ2n) is 16.6. The fourth-order valence-electron chi connectivity index (χ4n) is 8.72. The lowest BCUT2D eigenvalue weighted by Gasteiger charge is -2.41. The van der Waals surface area contributed by atoms with Gasteiger partial charge in [0.1, 0.15) is 72.4 Å². The fraction of sp³-hybridized carbons (Fsp3) is 0.595. The molecule has 6 aliphatic heterocycles. The number of methoxy groups -OCH3 is 2. The Hall–Kier alpha value is -4.25. The smallest absolute Gasteiger partial charge is 0.339 e. The van der Waals surface area contributed by atoms with Crippen LogP contribution in [0.4, 0.5) is 0 Å². The molecule has 6 heterocycles. The van der Waals surface area contributed by atoms with Crippen LogP contribution in [0.3, 0.4) is 0 Å². The minimum absolute atomic E-state index is 0.00616. The molecule has 0 spiro atoms. The number of aliphatic hydroxyl groups excluding tert-OH is 7. The summed E-state index contributed by atoms with van der Waals surface area (Å²) in [5, 5.41) is 97.0. The molecule has 356 valence electrons. The van der Waals surface area contributed by atoms with Crippen LogP contribution in [-0.4, -0.2) is 204 Å². The van der Waals surface area contributed by atoms with Gasteiger partial charge >= 0.3 is 5.97 Å². The summed E-state index contributed by atoms with van der Waals surface area (Å²) >= 11 is 0. The van der Waals surface area contributed by atoms with E-state index in [-0.39, 0.29) is 36.0 Å². The Kier molecular flexibility index (Phi) is 12.8. The molecule has 0 unspecified atom stereocenters. The molecule has 3 aromatic rings. The number of cyclic esters (lactones) is 1. The third-order valence-corrected chi connectivity index (χ3v) is 12.4. The summed E-state index contributed by atoms with van der Waals surface area (Å²) in [7, 11) is 2.88. The second kappa shape index (κ2) is 18.1. The Morgan fingerprint density at radius 1 is 0.723 bits per heavy atom. The molecule has 4 fully saturated rings. The molecule has 9 N–H and O–H groups in total. The second-order valence-corrected chi connectivity index (χ2v) is 16.6. The zero-order chi connectivity index (χ0) is 45.9. The van der Waals surface area contributed by atoms with Crippen LogP contribution in [0.15, 0.2) is 30.3 Å². The van der Waals surface area contributed by atoms with Crippen LogP contribution in [0.1, 0.15) is 15.9 Å². The van der Waals surface area contributed by atoms with Crippen molar-refractivity contribution < 1.29 is 112 Å². The molecule has 0 amide bonds. The van der Waals surface area contributed by atoms with E-state index in [0.29, 0.717) is 39.1 Å². The van der Waals surface area contributed by atoms with E-state index in [1.807, 2.05) is 0 Å². The molecule has 65 heavy (non-hydrogen) atoms. The summed E-state index contributed by atoms with van der Waals surface area (Å²) < 4.78 is 75.2. The van der Waals surface area contributed by atoms with Crippen molar-refractivity contribution in [3.05, 3.63) is 41.5 Å². The Morgan fingerprint density at radius 3 is 2.17 bits per heavy atom. The highest BCUT2D eigenvalue weighted by molar-refractivity contribution is 6.14. The van der Waals surface area contributed by atoms with E-state index in [1.54, 1.807) is 30.3 Å². The van der Waals surface area contributed by atoms with Gasteiger partial charge in [-0.2, -0.15) is 0 Å². The SMILES string of the molecule is COc1cc2c(O[C@@H]3OC[C@](O)(CO[C@@H]4OC[C@@H](O)[C@H](O)[C@H]4O)[C@H]3O[C@@H]3OC[C@H](O)[C@H](OC[C@@H]4OC[C@](O)(CO)[C@H]4O)[C@H]3O)c3c(c(-c4ccc5c(c4)OCO5)c2cc1OC)C(=O)OC3. The molecule has 0 bridgehead atoms. The number of hydrogen-bond donors (Lipinski definition) is 9. The number of rotatable bonds is 14. The van der Waals surface area contributed by atoms with Gasteiger partial charge in [0.05, 0.1) is 66.0 Å². The van der Waals surface area contributed by atoms with Crippen molar-refractivity contribution in [1.82, 2.24) is 0 Å². The summed E-state index contributed by atoms with van der Waals surface area (Å²) in [6, 6.07) is 8.45. The fourth-order valence-corrected chi connectivity index (χ4v) is 8.72. The minimum atomic E-state index is -2.24. The summed E-state index contributed by atoms with van der Waals surface area (Å²) in [4.78, 5) is 13.7. The van der Waals surface area contributed by atoms with Gasteiger partial charge < -0.3 is 108 Å². The quantitative estimate of drug-likeness (QED) is 0.0737. The first kappa shape index (κ1) is 45.9. The summed E-state index contributed by atoms with van der Waals surface area (Å²) in [6.07, 6.45) is -18.8. The largest absolute Gasteiger partial charge is 0.493 e. The van der Waals surface area contributed by atoms with E-state index >= 15 is 0 Å². The molecule has 0 aliphatic carbocycles. The van der Waals surface area contributed by atoms with Gasteiger partial charge in [0.15, 0.2) is 41.7 Å². The third kappa shape index (κ3) is 8.21. The molecule has 3 aromatic carbocycles. The van der Waals surface area contributed by atoms with Gasteiger partial charge in [-0.3, -0.25) is 0 Å². The van der Waals surface area contributed by atoms with Gasteiger partial charge in [-0.25, -0.2) is 4.79 Å². The number of carbonyl (C=O) groups is 1. The van der Waals surface area contributed by atoms with E-state index in [0.717, 1.165) is 0 Å².